The van der Waals surface area contributed by atoms with Crippen molar-refractivity contribution in [2.75, 3.05) is 11.5 Å². The second kappa shape index (κ2) is 2.33. The Kier molecular flexibility index (Phi) is 1.92. The van der Waals surface area contributed by atoms with Gasteiger partial charge in [0.15, 0.2) is 0 Å². The maximum absolute atomic E-state index is 12.0. The van der Waals surface area contributed by atoms with Crippen LogP contribution in [0.3, 0.4) is 0 Å². The van der Waals surface area contributed by atoms with Crippen LogP contribution < -0.4 is 0 Å². The van der Waals surface area contributed by atoms with E-state index in [1.807, 2.05) is 0 Å². The van der Waals surface area contributed by atoms with Crippen molar-refractivity contribution < 1.29 is 4.21 Å². The van der Waals surface area contributed by atoms with Gasteiger partial charge in [0.2, 0.25) is 0 Å². The molecule has 0 spiro atoms. The van der Waals surface area contributed by atoms with Crippen molar-refractivity contribution in [3.05, 3.63) is 0 Å². The predicted molar refractivity (Wildman–Crippen MR) is 48.3 cm³/mol. The quantitative estimate of drug-likeness (QED) is 0.535. The van der Waals surface area contributed by atoms with Crippen molar-refractivity contribution in [1.82, 2.24) is 0 Å². The SMILES string of the molecule is CC(C)(C)[SH]1(=O)CCCC1. The van der Waals surface area contributed by atoms with Gasteiger partial charge in [0.25, 0.3) is 0 Å². The topological polar surface area (TPSA) is 17.1 Å². The van der Waals surface area contributed by atoms with Crippen LogP contribution in [0.25, 0.3) is 0 Å². The van der Waals surface area contributed by atoms with Crippen LogP contribution in [0.4, 0.5) is 0 Å². The zero-order valence-electron chi connectivity index (χ0n) is 7.18. The highest BCUT2D eigenvalue weighted by atomic mass is 32.2. The number of thiol groups is 1. The second-order valence-corrected chi connectivity index (χ2v) is 8.23. The fraction of sp³-hybridized carbons (Fsp3) is 1.00. The van der Waals surface area contributed by atoms with Gasteiger partial charge in [-0.05, 0) is 12.8 Å². The molecule has 0 N–H and O–H groups in total. The molecule has 0 bridgehead atoms. The lowest BCUT2D eigenvalue weighted by atomic mass is 10.3. The first-order valence-corrected chi connectivity index (χ1v) is 6.12. The summed E-state index contributed by atoms with van der Waals surface area (Å²) in [6.07, 6.45) is 2.38. The first kappa shape index (κ1) is 8.25. The third-order valence-corrected chi connectivity index (χ3v) is 7.03. The maximum atomic E-state index is 12.0. The van der Waals surface area contributed by atoms with Crippen molar-refractivity contribution in [2.24, 2.45) is 0 Å². The molecule has 1 fully saturated rings. The first-order valence-electron chi connectivity index (χ1n) is 4.04. The summed E-state index contributed by atoms with van der Waals surface area (Å²) >= 11 is 0. The van der Waals surface area contributed by atoms with Gasteiger partial charge in [0.05, 0.1) is 0 Å². The van der Waals surface area contributed by atoms with Crippen LogP contribution in [0.5, 0.6) is 0 Å². The molecular formula is C8H18OS. The molecule has 1 aliphatic rings. The summed E-state index contributed by atoms with van der Waals surface area (Å²) in [5.74, 6) is 1.99. The van der Waals surface area contributed by atoms with Crippen LogP contribution in [0.15, 0.2) is 0 Å². The number of hydrogen-bond acceptors (Lipinski definition) is 1. The molecule has 62 valence electrons. The number of rotatable bonds is 0. The molecule has 1 saturated heterocycles. The largest absolute Gasteiger partial charge is 0.284 e. The fourth-order valence-corrected chi connectivity index (χ4v) is 4.55. The van der Waals surface area contributed by atoms with E-state index in [-0.39, 0.29) is 4.75 Å². The summed E-state index contributed by atoms with van der Waals surface area (Å²) in [6, 6.07) is 0. The van der Waals surface area contributed by atoms with Crippen molar-refractivity contribution in [3.8, 4) is 0 Å². The van der Waals surface area contributed by atoms with Crippen LogP contribution in [-0.4, -0.2) is 20.5 Å². The molecule has 0 aliphatic carbocycles. The van der Waals surface area contributed by atoms with Crippen molar-refractivity contribution in [1.29, 1.82) is 0 Å². The van der Waals surface area contributed by atoms with Gasteiger partial charge in [0.1, 0.15) is 0 Å². The lowest BCUT2D eigenvalue weighted by Gasteiger charge is -2.32. The fourth-order valence-electron chi connectivity index (χ4n) is 1.52. The minimum absolute atomic E-state index is 0.0729. The normalized spacial score (nSPS) is 28.3. The highest BCUT2D eigenvalue weighted by molar-refractivity contribution is 8.04. The van der Waals surface area contributed by atoms with Crippen LogP contribution in [0.1, 0.15) is 33.6 Å². The van der Waals surface area contributed by atoms with Gasteiger partial charge in [-0.25, -0.2) is 0 Å². The maximum Gasteiger partial charge on any atom is 0.0154 e. The molecule has 0 atom stereocenters. The molecule has 0 aromatic carbocycles. The molecule has 1 heterocycles. The zero-order valence-corrected chi connectivity index (χ0v) is 8.08. The Morgan fingerprint density at radius 2 is 1.50 bits per heavy atom. The average Bonchev–Trinajstić information content (AvgIpc) is 2.13. The first-order chi connectivity index (χ1) is 4.46. The van der Waals surface area contributed by atoms with E-state index < -0.39 is 9.93 Å². The molecule has 0 aromatic heterocycles. The summed E-state index contributed by atoms with van der Waals surface area (Å²) in [5, 5.41) is 0. The van der Waals surface area contributed by atoms with Crippen LogP contribution in [-0.2, 0) is 9.93 Å². The van der Waals surface area contributed by atoms with Crippen molar-refractivity contribution in [2.45, 2.75) is 38.4 Å². The monoisotopic (exact) mass is 162 g/mol. The second-order valence-electron chi connectivity index (χ2n) is 4.21. The molecule has 1 rings (SSSR count). The third kappa shape index (κ3) is 1.26. The highest BCUT2D eigenvalue weighted by Gasteiger charge is 2.32. The minimum atomic E-state index is -1.75. The summed E-state index contributed by atoms with van der Waals surface area (Å²) in [4.78, 5) is 0. The number of hydrogen-bond donors (Lipinski definition) is 1. The molecule has 0 saturated carbocycles. The Morgan fingerprint density at radius 1 is 1.10 bits per heavy atom. The van der Waals surface area contributed by atoms with E-state index in [2.05, 4.69) is 20.8 Å². The summed E-state index contributed by atoms with van der Waals surface area (Å²) in [5.41, 5.74) is 0. The summed E-state index contributed by atoms with van der Waals surface area (Å²) in [7, 11) is -1.75. The van der Waals surface area contributed by atoms with Gasteiger partial charge in [-0.1, -0.05) is 30.7 Å². The minimum Gasteiger partial charge on any atom is -0.284 e. The summed E-state index contributed by atoms with van der Waals surface area (Å²) < 4.78 is 12.1. The van der Waals surface area contributed by atoms with E-state index >= 15 is 0 Å². The smallest absolute Gasteiger partial charge is 0.0154 e. The highest BCUT2D eigenvalue weighted by Crippen LogP contribution is 2.31. The molecule has 1 nitrogen and oxygen atoms in total. The van der Waals surface area contributed by atoms with E-state index in [9.17, 15) is 4.21 Å². The van der Waals surface area contributed by atoms with E-state index in [4.69, 9.17) is 0 Å². The van der Waals surface area contributed by atoms with E-state index in [1.165, 1.54) is 12.8 Å². The standard InChI is InChI=1S/C8H18OS/c1-8(2,3)10(9)6-4-5-7-10/h10H,4-7H2,1-3H3. The Hall–Kier alpha value is 0.150. The lowest BCUT2D eigenvalue weighted by molar-refractivity contribution is 0.637. The molecular weight excluding hydrogens is 144 g/mol. The third-order valence-electron chi connectivity index (χ3n) is 2.51. The molecule has 10 heavy (non-hydrogen) atoms. The van der Waals surface area contributed by atoms with Gasteiger partial charge < -0.3 is 0 Å². The average molecular weight is 162 g/mol. The lowest BCUT2D eigenvalue weighted by Crippen LogP contribution is -2.36. The zero-order chi connectivity index (χ0) is 7.83. The van der Waals surface area contributed by atoms with E-state index in [1.54, 1.807) is 0 Å². The van der Waals surface area contributed by atoms with E-state index in [0.29, 0.717) is 0 Å². The van der Waals surface area contributed by atoms with Gasteiger partial charge in [0, 0.05) is 16.3 Å². The predicted octanol–water partition coefficient (Wildman–Crippen LogP) is 1.60. The Balaban J connectivity index is 2.78. The van der Waals surface area contributed by atoms with Crippen LogP contribution in [0.2, 0.25) is 0 Å². The Morgan fingerprint density at radius 3 is 1.70 bits per heavy atom. The van der Waals surface area contributed by atoms with Crippen molar-refractivity contribution >= 4 is 9.93 Å². The molecule has 0 unspecified atom stereocenters. The van der Waals surface area contributed by atoms with Gasteiger partial charge in [-0.2, -0.15) is 0 Å². The molecule has 0 radical (unpaired) electrons. The Labute approximate surface area is 64.6 Å². The van der Waals surface area contributed by atoms with Gasteiger partial charge in [-0.15, -0.1) is 0 Å². The Bertz CT molecular complexity index is 157. The summed E-state index contributed by atoms with van der Waals surface area (Å²) in [6.45, 7) is 6.33. The molecule has 0 amide bonds. The van der Waals surface area contributed by atoms with E-state index in [0.717, 1.165) is 11.5 Å². The molecule has 0 aromatic rings. The molecule has 1 aliphatic heterocycles. The van der Waals surface area contributed by atoms with Gasteiger partial charge >= 0.3 is 0 Å². The van der Waals surface area contributed by atoms with Gasteiger partial charge in [-0.3, -0.25) is 4.21 Å². The van der Waals surface area contributed by atoms with Crippen LogP contribution >= 0.6 is 0 Å². The van der Waals surface area contributed by atoms with Crippen LogP contribution in [0, 0.1) is 0 Å². The van der Waals surface area contributed by atoms with Crippen molar-refractivity contribution in [3.63, 3.8) is 0 Å². The molecule has 2 heteroatoms.